The lowest BCUT2D eigenvalue weighted by molar-refractivity contribution is 0.243. The molecule has 2 N–H and O–H groups in total. The van der Waals surface area contributed by atoms with Gasteiger partial charge >= 0.3 is 0 Å². The molecule has 4 heteroatoms. The van der Waals surface area contributed by atoms with Crippen LogP contribution in [0.25, 0.3) is 0 Å². The predicted molar refractivity (Wildman–Crippen MR) is 55.6 cm³/mol. The van der Waals surface area contributed by atoms with Gasteiger partial charge in [-0.25, -0.2) is 4.39 Å². The van der Waals surface area contributed by atoms with Crippen LogP contribution >= 0.6 is 0 Å². The van der Waals surface area contributed by atoms with Crippen LogP contribution in [0.1, 0.15) is 12.8 Å². The normalized spacial score (nSPS) is 18.9. The minimum Gasteiger partial charge on any atom is -0.486 e. The first-order valence-corrected chi connectivity index (χ1v) is 5.10. The number of halogens is 1. The number of hydrogen-bond acceptors (Lipinski definition) is 3. The molecule has 1 atom stereocenters. The summed E-state index contributed by atoms with van der Waals surface area (Å²) in [5.41, 5.74) is 0.698. The van der Waals surface area contributed by atoms with Gasteiger partial charge in [0.2, 0.25) is 0 Å². The third-order valence-electron chi connectivity index (χ3n) is 2.47. The number of nitrogens with one attached hydrogen (secondary N) is 1. The van der Waals surface area contributed by atoms with Crippen LogP contribution in [0.3, 0.4) is 0 Å². The van der Waals surface area contributed by atoms with E-state index in [4.69, 9.17) is 9.84 Å². The van der Waals surface area contributed by atoms with E-state index in [1.54, 1.807) is 12.1 Å². The second kappa shape index (κ2) is 4.49. The Morgan fingerprint density at radius 1 is 1.53 bits per heavy atom. The Balaban J connectivity index is 2.07. The van der Waals surface area contributed by atoms with Crippen LogP contribution in [-0.2, 0) is 0 Å². The summed E-state index contributed by atoms with van der Waals surface area (Å²) in [5.74, 6) is -0.0293. The predicted octanol–water partition coefficient (Wildman–Crippen LogP) is 1.77. The minimum absolute atomic E-state index is 0.159. The molecule has 82 valence electrons. The molecule has 0 saturated carbocycles. The van der Waals surface area contributed by atoms with Gasteiger partial charge in [0.1, 0.15) is 6.61 Å². The van der Waals surface area contributed by atoms with Crippen molar-refractivity contribution in [3.8, 4) is 5.75 Å². The molecule has 0 spiro atoms. The molecule has 2 rings (SSSR count). The van der Waals surface area contributed by atoms with Crippen LogP contribution in [0.4, 0.5) is 10.1 Å². The third-order valence-corrected chi connectivity index (χ3v) is 2.47. The molecule has 1 unspecified atom stereocenters. The number of para-hydroxylation sites is 1. The first-order valence-electron chi connectivity index (χ1n) is 5.10. The maximum Gasteiger partial charge on any atom is 0.178 e. The second-order valence-electron chi connectivity index (χ2n) is 3.63. The van der Waals surface area contributed by atoms with E-state index in [0.717, 1.165) is 12.8 Å². The maximum atomic E-state index is 13.2. The number of rotatable bonds is 3. The van der Waals surface area contributed by atoms with Crippen molar-refractivity contribution in [2.45, 2.75) is 18.9 Å². The van der Waals surface area contributed by atoms with Gasteiger partial charge in [0.25, 0.3) is 0 Å². The summed E-state index contributed by atoms with van der Waals surface area (Å²) >= 11 is 0. The summed E-state index contributed by atoms with van der Waals surface area (Å²) in [6.07, 6.45) is 1.55. The van der Waals surface area contributed by atoms with Crippen molar-refractivity contribution in [3.63, 3.8) is 0 Å². The number of fused-ring (bicyclic) bond motifs is 1. The Kier molecular flexibility index (Phi) is 3.06. The van der Waals surface area contributed by atoms with E-state index in [0.29, 0.717) is 18.0 Å². The van der Waals surface area contributed by atoms with Gasteiger partial charge in [0.05, 0.1) is 11.7 Å². The van der Waals surface area contributed by atoms with Gasteiger partial charge in [0, 0.05) is 6.61 Å². The molecule has 3 nitrogen and oxygen atoms in total. The van der Waals surface area contributed by atoms with E-state index in [1.807, 2.05) is 0 Å². The van der Waals surface area contributed by atoms with Crippen LogP contribution in [-0.4, -0.2) is 24.4 Å². The molecule has 0 fully saturated rings. The minimum atomic E-state index is -0.333. The van der Waals surface area contributed by atoms with Gasteiger partial charge < -0.3 is 15.2 Å². The van der Waals surface area contributed by atoms with Crippen molar-refractivity contribution in [1.82, 2.24) is 0 Å². The maximum absolute atomic E-state index is 13.2. The average molecular weight is 211 g/mol. The zero-order chi connectivity index (χ0) is 10.7. The fourth-order valence-electron chi connectivity index (χ4n) is 1.71. The van der Waals surface area contributed by atoms with Gasteiger partial charge in [-0.05, 0) is 25.0 Å². The van der Waals surface area contributed by atoms with Crippen molar-refractivity contribution in [2.75, 3.05) is 18.5 Å². The largest absolute Gasteiger partial charge is 0.486 e. The molecule has 1 aliphatic rings. The summed E-state index contributed by atoms with van der Waals surface area (Å²) < 4.78 is 18.6. The first kappa shape index (κ1) is 10.2. The standard InChI is InChI=1S/C11H14FNO2/c12-9-4-1-5-10-11(9)15-7-8(13-10)3-2-6-14/h1,4-5,8,13-14H,2-3,6-7H2. The molecule has 1 aromatic rings. The van der Waals surface area contributed by atoms with E-state index in [-0.39, 0.29) is 18.5 Å². The second-order valence-corrected chi connectivity index (χ2v) is 3.63. The number of benzene rings is 1. The van der Waals surface area contributed by atoms with Crippen LogP contribution in [0.2, 0.25) is 0 Å². The van der Waals surface area contributed by atoms with Gasteiger partial charge in [0.15, 0.2) is 11.6 Å². The SMILES string of the molecule is OCCCC1COc2c(F)cccc2N1. The van der Waals surface area contributed by atoms with E-state index in [1.165, 1.54) is 6.07 Å². The third kappa shape index (κ3) is 2.21. The van der Waals surface area contributed by atoms with E-state index < -0.39 is 0 Å². The molecule has 1 heterocycles. The lowest BCUT2D eigenvalue weighted by Crippen LogP contribution is -2.31. The number of anilines is 1. The van der Waals surface area contributed by atoms with Gasteiger partial charge in [-0.3, -0.25) is 0 Å². The highest BCUT2D eigenvalue weighted by Crippen LogP contribution is 2.31. The number of hydrogen-bond donors (Lipinski definition) is 2. The van der Waals surface area contributed by atoms with Crippen molar-refractivity contribution < 1.29 is 14.2 Å². The summed E-state index contributed by atoms with van der Waals surface area (Å²) in [7, 11) is 0. The Morgan fingerprint density at radius 3 is 3.20 bits per heavy atom. The van der Waals surface area contributed by atoms with Crippen molar-refractivity contribution in [2.24, 2.45) is 0 Å². The molecular weight excluding hydrogens is 197 g/mol. The Morgan fingerprint density at radius 2 is 2.40 bits per heavy atom. The van der Waals surface area contributed by atoms with Crippen LogP contribution < -0.4 is 10.1 Å². The summed E-state index contributed by atoms with van der Waals surface area (Å²) in [4.78, 5) is 0. The summed E-state index contributed by atoms with van der Waals surface area (Å²) in [5, 5.41) is 11.9. The number of aliphatic hydroxyl groups excluding tert-OH is 1. The molecule has 0 bridgehead atoms. The van der Waals surface area contributed by atoms with Crippen molar-refractivity contribution >= 4 is 5.69 Å². The Hall–Kier alpha value is -1.29. The van der Waals surface area contributed by atoms with Crippen LogP contribution in [0, 0.1) is 5.82 Å². The smallest absolute Gasteiger partial charge is 0.178 e. The van der Waals surface area contributed by atoms with Gasteiger partial charge in [-0.1, -0.05) is 6.07 Å². The molecule has 0 aromatic heterocycles. The van der Waals surface area contributed by atoms with E-state index >= 15 is 0 Å². The topological polar surface area (TPSA) is 41.5 Å². The molecule has 0 saturated heterocycles. The van der Waals surface area contributed by atoms with Gasteiger partial charge in [-0.2, -0.15) is 0 Å². The van der Waals surface area contributed by atoms with Crippen molar-refractivity contribution in [3.05, 3.63) is 24.0 Å². The first-order chi connectivity index (χ1) is 7.31. The van der Waals surface area contributed by atoms with Crippen LogP contribution in [0.15, 0.2) is 18.2 Å². The van der Waals surface area contributed by atoms with Crippen molar-refractivity contribution in [1.29, 1.82) is 0 Å². The lowest BCUT2D eigenvalue weighted by atomic mass is 10.1. The molecule has 1 aliphatic heterocycles. The summed E-state index contributed by atoms with van der Waals surface area (Å²) in [6.45, 7) is 0.627. The Bertz CT molecular complexity index is 343. The quantitative estimate of drug-likeness (QED) is 0.800. The van der Waals surface area contributed by atoms with Crippen LogP contribution in [0.5, 0.6) is 5.75 Å². The average Bonchev–Trinajstić information content (AvgIpc) is 2.26. The summed E-state index contributed by atoms with van der Waals surface area (Å²) in [6, 6.07) is 4.99. The number of aliphatic hydroxyl groups is 1. The van der Waals surface area contributed by atoms with E-state index in [9.17, 15) is 4.39 Å². The molecule has 0 radical (unpaired) electrons. The highest BCUT2D eigenvalue weighted by atomic mass is 19.1. The monoisotopic (exact) mass is 211 g/mol. The highest BCUT2D eigenvalue weighted by Gasteiger charge is 2.20. The zero-order valence-electron chi connectivity index (χ0n) is 8.37. The molecule has 0 aliphatic carbocycles. The fourth-order valence-corrected chi connectivity index (χ4v) is 1.71. The highest BCUT2D eigenvalue weighted by molar-refractivity contribution is 5.58. The van der Waals surface area contributed by atoms with Gasteiger partial charge in [-0.15, -0.1) is 0 Å². The molecule has 0 amide bonds. The lowest BCUT2D eigenvalue weighted by Gasteiger charge is -2.27. The van der Waals surface area contributed by atoms with E-state index in [2.05, 4.69) is 5.32 Å². The number of ether oxygens (including phenoxy) is 1. The molecular formula is C11H14FNO2. The zero-order valence-corrected chi connectivity index (χ0v) is 8.37. The Labute approximate surface area is 87.9 Å². The molecule has 15 heavy (non-hydrogen) atoms. The fraction of sp³-hybridized carbons (Fsp3) is 0.455. The molecule has 1 aromatic carbocycles.